The molecule has 4 heteroatoms. The standard InChI is InChI=1S/C12H13Cl2NO/c1-8(2)15-12(16)6-4-9-3-5-10(13)7-11(9)14/h3-8H,1-2H3,(H,15,16)/b6-4+. The van der Waals surface area contributed by atoms with Crippen LogP contribution in [0.15, 0.2) is 24.3 Å². The second-order valence-corrected chi connectivity index (χ2v) is 4.51. The molecule has 0 unspecified atom stereocenters. The third-order valence-electron chi connectivity index (χ3n) is 1.81. The van der Waals surface area contributed by atoms with E-state index in [1.54, 1.807) is 24.3 Å². The van der Waals surface area contributed by atoms with Gasteiger partial charge in [-0.3, -0.25) is 4.79 Å². The molecule has 0 bridgehead atoms. The molecule has 0 heterocycles. The number of halogens is 2. The Hall–Kier alpha value is -0.990. The van der Waals surface area contributed by atoms with Crippen molar-refractivity contribution < 1.29 is 4.79 Å². The van der Waals surface area contributed by atoms with Crippen molar-refractivity contribution in [2.24, 2.45) is 0 Å². The van der Waals surface area contributed by atoms with Crippen LogP contribution in [-0.4, -0.2) is 11.9 Å². The lowest BCUT2D eigenvalue weighted by Crippen LogP contribution is -2.28. The van der Waals surface area contributed by atoms with Crippen LogP contribution in [0.1, 0.15) is 19.4 Å². The highest BCUT2D eigenvalue weighted by molar-refractivity contribution is 6.35. The Labute approximate surface area is 105 Å². The average molecular weight is 258 g/mol. The number of amides is 1. The van der Waals surface area contributed by atoms with Gasteiger partial charge >= 0.3 is 0 Å². The Balaban J connectivity index is 2.73. The van der Waals surface area contributed by atoms with Gasteiger partial charge in [0.05, 0.1) is 0 Å². The van der Waals surface area contributed by atoms with Crippen molar-refractivity contribution in [3.8, 4) is 0 Å². The van der Waals surface area contributed by atoms with Crippen molar-refractivity contribution in [2.45, 2.75) is 19.9 Å². The van der Waals surface area contributed by atoms with Crippen LogP contribution in [0.4, 0.5) is 0 Å². The third kappa shape index (κ3) is 4.25. The van der Waals surface area contributed by atoms with E-state index < -0.39 is 0 Å². The fourth-order valence-corrected chi connectivity index (χ4v) is 1.61. The Bertz CT molecular complexity index is 413. The van der Waals surface area contributed by atoms with Gasteiger partial charge in [-0.2, -0.15) is 0 Å². The van der Waals surface area contributed by atoms with Gasteiger partial charge < -0.3 is 5.32 Å². The zero-order chi connectivity index (χ0) is 12.1. The molecule has 0 aliphatic rings. The molecule has 0 saturated heterocycles. The van der Waals surface area contributed by atoms with Crippen LogP contribution in [0.25, 0.3) is 6.08 Å². The van der Waals surface area contributed by atoms with Crippen LogP contribution < -0.4 is 5.32 Å². The second kappa shape index (κ2) is 5.92. The SMILES string of the molecule is CC(C)NC(=O)/C=C/c1ccc(Cl)cc1Cl. The molecule has 0 aliphatic heterocycles. The smallest absolute Gasteiger partial charge is 0.244 e. The maximum absolute atomic E-state index is 11.3. The predicted octanol–water partition coefficient (Wildman–Crippen LogP) is 3.53. The van der Waals surface area contributed by atoms with E-state index in [2.05, 4.69) is 5.32 Å². The summed E-state index contributed by atoms with van der Waals surface area (Å²) in [6, 6.07) is 5.26. The first-order valence-corrected chi connectivity index (χ1v) is 5.68. The molecule has 1 aromatic carbocycles. The van der Waals surface area contributed by atoms with Crippen molar-refractivity contribution in [3.05, 3.63) is 39.9 Å². The molecule has 16 heavy (non-hydrogen) atoms. The summed E-state index contributed by atoms with van der Waals surface area (Å²) in [6.45, 7) is 3.81. The summed E-state index contributed by atoms with van der Waals surface area (Å²) in [6.07, 6.45) is 3.12. The van der Waals surface area contributed by atoms with Gasteiger partial charge in [0.2, 0.25) is 5.91 Å². The summed E-state index contributed by atoms with van der Waals surface area (Å²) in [5.41, 5.74) is 0.768. The Morgan fingerprint density at radius 1 is 1.38 bits per heavy atom. The highest BCUT2D eigenvalue weighted by Crippen LogP contribution is 2.21. The maximum Gasteiger partial charge on any atom is 0.244 e. The first-order chi connectivity index (χ1) is 7.49. The largest absolute Gasteiger partial charge is 0.350 e. The number of carbonyl (C=O) groups is 1. The van der Waals surface area contributed by atoms with E-state index in [1.165, 1.54) is 6.08 Å². The lowest BCUT2D eigenvalue weighted by molar-refractivity contribution is -0.116. The Morgan fingerprint density at radius 3 is 2.62 bits per heavy atom. The molecule has 2 nitrogen and oxygen atoms in total. The van der Waals surface area contributed by atoms with E-state index in [9.17, 15) is 4.79 Å². The summed E-state index contributed by atoms with van der Waals surface area (Å²) >= 11 is 11.7. The number of rotatable bonds is 3. The van der Waals surface area contributed by atoms with Gasteiger partial charge in [-0.25, -0.2) is 0 Å². The third-order valence-corrected chi connectivity index (χ3v) is 2.37. The molecule has 0 spiro atoms. The lowest BCUT2D eigenvalue weighted by atomic mass is 10.2. The predicted molar refractivity (Wildman–Crippen MR) is 68.8 cm³/mol. The molecule has 0 saturated carbocycles. The minimum Gasteiger partial charge on any atom is -0.350 e. The van der Waals surface area contributed by atoms with Gasteiger partial charge in [0.15, 0.2) is 0 Å². The monoisotopic (exact) mass is 257 g/mol. The molecule has 1 aromatic rings. The number of benzene rings is 1. The molecular weight excluding hydrogens is 245 g/mol. The molecule has 1 amide bonds. The van der Waals surface area contributed by atoms with E-state index in [0.29, 0.717) is 10.0 Å². The minimum absolute atomic E-state index is 0.123. The summed E-state index contributed by atoms with van der Waals surface area (Å²) in [5.74, 6) is -0.138. The highest BCUT2D eigenvalue weighted by Gasteiger charge is 2.00. The average Bonchev–Trinajstić information content (AvgIpc) is 2.15. The zero-order valence-electron chi connectivity index (χ0n) is 9.13. The van der Waals surface area contributed by atoms with Crippen molar-refractivity contribution in [3.63, 3.8) is 0 Å². The minimum atomic E-state index is -0.138. The van der Waals surface area contributed by atoms with Crippen LogP contribution >= 0.6 is 23.2 Å². The van der Waals surface area contributed by atoms with E-state index in [0.717, 1.165) is 5.56 Å². The second-order valence-electron chi connectivity index (χ2n) is 3.66. The van der Waals surface area contributed by atoms with Crippen LogP contribution in [0.2, 0.25) is 10.0 Å². The molecule has 1 rings (SSSR count). The van der Waals surface area contributed by atoms with E-state index in [-0.39, 0.29) is 11.9 Å². The number of nitrogens with one attached hydrogen (secondary N) is 1. The fourth-order valence-electron chi connectivity index (χ4n) is 1.13. The molecule has 0 aliphatic carbocycles. The number of hydrogen-bond donors (Lipinski definition) is 1. The van der Waals surface area contributed by atoms with Gasteiger partial charge in [-0.05, 0) is 37.6 Å². The molecule has 0 atom stereocenters. The van der Waals surface area contributed by atoms with E-state index in [1.807, 2.05) is 13.8 Å². The van der Waals surface area contributed by atoms with Gasteiger partial charge in [0, 0.05) is 22.2 Å². The quantitative estimate of drug-likeness (QED) is 0.825. The Morgan fingerprint density at radius 2 is 2.06 bits per heavy atom. The summed E-state index contributed by atoms with van der Waals surface area (Å²) in [7, 11) is 0. The number of carbonyl (C=O) groups excluding carboxylic acids is 1. The number of hydrogen-bond acceptors (Lipinski definition) is 1. The van der Waals surface area contributed by atoms with Crippen LogP contribution in [0.3, 0.4) is 0 Å². The highest BCUT2D eigenvalue weighted by atomic mass is 35.5. The normalized spacial score (nSPS) is 11.1. The molecule has 0 radical (unpaired) electrons. The topological polar surface area (TPSA) is 29.1 Å². The molecular formula is C12H13Cl2NO. The fraction of sp³-hybridized carbons (Fsp3) is 0.250. The zero-order valence-corrected chi connectivity index (χ0v) is 10.6. The van der Waals surface area contributed by atoms with Gasteiger partial charge in [0.25, 0.3) is 0 Å². The van der Waals surface area contributed by atoms with Crippen LogP contribution in [-0.2, 0) is 4.79 Å². The van der Waals surface area contributed by atoms with Crippen molar-refractivity contribution >= 4 is 35.2 Å². The van der Waals surface area contributed by atoms with Crippen molar-refractivity contribution in [1.82, 2.24) is 5.32 Å². The lowest BCUT2D eigenvalue weighted by Gasteiger charge is -2.04. The summed E-state index contributed by atoms with van der Waals surface area (Å²) < 4.78 is 0. The van der Waals surface area contributed by atoms with Crippen molar-refractivity contribution in [2.75, 3.05) is 0 Å². The summed E-state index contributed by atoms with van der Waals surface area (Å²) in [5, 5.41) is 3.86. The first-order valence-electron chi connectivity index (χ1n) is 4.92. The maximum atomic E-state index is 11.3. The van der Waals surface area contributed by atoms with Gasteiger partial charge in [-0.15, -0.1) is 0 Å². The molecule has 0 fully saturated rings. The molecule has 0 aromatic heterocycles. The molecule has 86 valence electrons. The van der Waals surface area contributed by atoms with E-state index >= 15 is 0 Å². The van der Waals surface area contributed by atoms with Crippen LogP contribution in [0, 0.1) is 0 Å². The van der Waals surface area contributed by atoms with E-state index in [4.69, 9.17) is 23.2 Å². The van der Waals surface area contributed by atoms with Gasteiger partial charge in [0.1, 0.15) is 0 Å². The summed E-state index contributed by atoms with van der Waals surface area (Å²) in [4.78, 5) is 11.3. The van der Waals surface area contributed by atoms with Crippen LogP contribution in [0.5, 0.6) is 0 Å². The first kappa shape index (κ1) is 13.1. The van der Waals surface area contributed by atoms with Gasteiger partial charge in [-0.1, -0.05) is 29.3 Å². The van der Waals surface area contributed by atoms with Crippen molar-refractivity contribution in [1.29, 1.82) is 0 Å². The Kier molecular flexibility index (Phi) is 4.84. The molecule has 1 N–H and O–H groups in total.